The Morgan fingerprint density at radius 2 is 1.70 bits per heavy atom. The molecule has 3 N–H and O–H groups in total. The Morgan fingerprint density at radius 3 is 2.35 bits per heavy atom. The van der Waals surface area contributed by atoms with Crippen molar-refractivity contribution in [2.45, 2.75) is 13.5 Å². The van der Waals surface area contributed by atoms with Crippen LogP contribution in [0.25, 0.3) is 44.3 Å². The number of fused-ring (bicyclic) bond motifs is 2. The highest BCUT2D eigenvalue weighted by Gasteiger charge is 2.25. The van der Waals surface area contributed by atoms with E-state index in [1.54, 1.807) is 48.6 Å². The molecule has 0 saturated carbocycles. The fourth-order valence-electron chi connectivity index (χ4n) is 5.26. The lowest BCUT2D eigenvalue weighted by atomic mass is 9.97. The molecule has 6 aromatic rings. The minimum Gasteiger partial charge on any atom is -0.455 e. The first-order valence-electron chi connectivity index (χ1n) is 13.8. The minimum atomic E-state index is -1.44. The van der Waals surface area contributed by atoms with Crippen LogP contribution in [-0.4, -0.2) is 50.5 Å². The van der Waals surface area contributed by atoms with Crippen molar-refractivity contribution in [3.05, 3.63) is 112 Å². The van der Waals surface area contributed by atoms with Gasteiger partial charge < -0.3 is 15.2 Å². The fraction of sp³-hybridized carbons (Fsp3) is 0.152. The largest absolute Gasteiger partial charge is 0.455 e. The van der Waals surface area contributed by atoms with Crippen LogP contribution in [0.5, 0.6) is 0 Å². The number of hydrogen-bond acceptors (Lipinski definition) is 6. The van der Waals surface area contributed by atoms with E-state index >= 15 is 0 Å². The number of carbonyl (C=O) groups is 1. The predicted molar refractivity (Wildman–Crippen MR) is 174 cm³/mol. The molecule has 0 spiro atoms. The molecule has 10 nitrogen and oxygen atoms in total. The Balaban J connectivity index is 0.00000417. The van der Waals surface area contributed by atoms with Gasteiger partial charge in [-0.2, -0.15) is 0 Å². The first-order chi connectivity index (χ1) is 21.5. The summed E-state index contributed by atoms with van der Waals surface area (Å²) in [6, 6.07) is 17.1. The standard InChI is InChI=1S/C33H27F2N5O4S.H2O/c1-18-38-27-12-7-20(13-25(27)33(42)40(18)17-23-11-10-22(35)16-37-23)24-14-26-29(15-28(24)39(3)45(4)43)44-31(30(26)32(41)36-2)19-5-8-21(34)9-6-19;/h5-16H,17H2,1-4H3,(H,36,41);1H2. The van der Waals surface area contributed by atoms with Crippen LogP contribution >= 0.6 is 0 Å². The average molecular weight is 646 g/mol. The molecular formula is C33H29F2N5O5S. The monoisotopic (exact) mass is 645 g/mol. The Labute approximate surface area is 264 Å². The summed E-state index contributed by atoms with van der Waals surface area (Å²) in [5.74, 6) is -0.590. The van der Waals surface area contributed by atoms with Crippen LogP contribution in [0.2, 0.25) is 0 Å². The van der Waals surface area contributed by atoms with Gasteiger partial charge in [0.05, 0.1) is 40.6 Å². The zero-order valence-corrected chi connectivity index (χ0v) is 26.0. The molecule has 3 heterocycles. The zero-order chi connectivity index (χ0) is 32.0. The number of nitrogens with one attached hydrogen (secondary N) is 1. The first-order valence-corrected chi connectivity index (χ1v) is 15.3. The molecule has 236 valence electrons. The van der Waals surface area contributed by atoms with Crippen LogP contribution in [0.1, 0.15) is 21.9 Å². The number of rotatable bonds is 7. The van der Waals surface area contributed by atoms with E-state index in [0.717, 1.165) is 6.20 Å². The van der Waals surface area contributed by atoms with E-state index in [0.29, 0.717) is 55.8 Å². The van der Waals surface area contributed by atoms with Crippen molar-refractivity contribution < 1.29 is 27.7 Å². The molecule has 0 aliphatic rings. The van der Waals surface area contributed by atoms with Crippen molar-refractivity contribution in [1.29, 1.82) is 0 Å². The minimum absolute atomic E-state index is 0. The number of pyridine rings is 1. The van der Waals surface area contributed by atoms with E-state index < -0.39 is 28.5 Å². The molecule has 1 amide bonds. The van der Waals surface area contributed by atoms with Gasteiger partial charge in [-0.25, -0.2) is 18.0 Å². The second kappa shape index (κ2) is 12.6. The molecule has 13 heteroatoms. The SMILES string of the molecule is CNC(=O)c1c(-c2ccc(F)cc2)oc2cc(N(C)S(C)=O)c(-c3ccc4nc(C)n(Cc5ccc(F)cn5)c(=O)c4c3)cc12.O. The Hall–Kier alpha value is -5.27. The summed E-state index contributed by atoms with van der Waals surface area (Å²) in [5.41, 5.74) is 3.50. The van der Waals surface area contributed by atoms with Gasteiger partial charge in [-0.1, -0.05) is 6.07 Å². The number of anilines is 1. The summed E-state index contributed by atoms with van der Waals surface area (Å²) < 4.78 is 49.1. The summed E-state index contributed by atoms with van der Waals surface area (Å²) in [5, 5.41) is 3.46. The summed E-state index contributed by atoms with van der Waals surface area (Å²) in [6.07, 6.45) is 2.63. The van der Waals surface area contributed by atoms with Gasteiger partial charge in [-0.3, -0.25) is 23.4 Å². The van der Waals surface area contributed by atoms with Crippen molar-refractivity contribution in [2.24, 2.45) is 0 Å². The molecule has 0 aliphatic carbocycles. The third-order valence-corrected chi connectivity index (χ3v) is 8.62. The lowest BCUT2D eigenvalue weighted by Crippen LogP contribution is -2.25. The number of hydrogen-bond donors (Lipinski definition) is 1. The van der Waals surface area contributed by atoms with E-state index in [9.17, 15) is 22.6 Å². The maximum Gasteiger partial charge on any atom is 0.261 e. The second-order valence-electron chi connectivity index (χ2n) is 10.4. The molecule has 1 unspecified atom stereocenters. The van der Waals surface area contributed by atoms with Gasteiger partial charge in [0.25, 0.3) is 11.5 Å². The Bertz CT molecular complexity index is 2200. The van der Waals surface area contributed by atoms with Crippen molar-refractivity contribution in [2.75, 3.05) is 24.7 Å². The van der Waals surface area contributed by atoms with Crippen molar-refractivity contribution >= 4 is 44.5 Å². The number of benzene rings is 3. The van der Waals surface area contributed by atoms with Gasteiger partial charge in [-0.05, 0) is 67.1 Å². The van der Waals surface area contributed by atoms with Gasteiger partial charge in [-0.15, -0.1) is 0 Å². The van der Waals surface area contributed by atoms with Gasteiger partial charge in [0.15, 0.2) is 0 Å². The number of furan rings is 1. The highest BCUT2D eigenvalue weighted by molar-refractivity contribution is 7.85. The smallest absolute Gasteiger partial charge is 0.261 e. The number of carbonyl (C=O) groups excluding carboxylic acids is 1. The zero-order valence-electron chi connectivity index (χ0n) is 25.2. The number of aromatic nitrogens is 3. The summed E-state index contributed by atoms with van der Waals surface area (Å²) in [7, 11) is 1.73. The molecule has 0 radical (unpaired) electrons. The van der Waals surface area contributed by atoms with Crippen molar-refractivity contribution in [1.82, 2.24) is 19.9 Å². The van der Waals surface area contributed by atoms with E-state index in [-0.39, 0.29) is 28.9 Å². The van der Waals surface area contributed by atoms with Crippen LogP contribution in [-0.2, 0) is 17.5 Å². The second-order valence-corrected chi connectivity index (χ2v) is 11.8. The molecule has 46 heavy (non-hydrogen) atoms. The van der Waals surface area contributed by atoms with Crippen LogP contribution in [0.15, 0.2) is 82.1 Å². The van der Waals surface area contributed by atoms with Crippen LogP contribution in [0.3, 0.4) is 0 Å². The van der Waals surface area contributed by atoms with Crippen LogP contribution in [0.4, 0.5) is 14.5 Å². The summed E-state index contributed by atoms with van der Waals surface area (Å²) in [6.45, 7) is 1.82. The Morgan fingerprint density at radius 1 is 1.00 bits per heavy atom. The topological polar surface area (TPSA) is 142 Å². The van der Waals surface area contributed by atoms with Crippen LogP contribution < -0.4 is 15.2 Å². The molecule has 0 fully saturated rings. The quantitative estimate of drug-likeness (QED) is 0.265. The predicted octanol–water partition coefficient (Wildman–Crippen LogP) is 4.77. The maximum atomic E-state index is 13.8. The average Bonchev–Trinajstić information content (AvgIpc) is 3.41. The first kappa shape index (κ1) is 32.1. The summed E-state index contributed by atoms with van der Waals surface area (Å²) >= 11 is 0. The molecule has 0 saturated heterocycles. The third-order valence-electron chi connectivity index (χ3n) is 7.66. The summed E-state index contributed by atoms with van der Waals surface area (Å²) in [4.78, 5) is 35.7. The number of halogens is 2. The van der Waals surface area contributed by atoms with Gasteiger partial charge in [0.1, 0.15) is 39.8 Å². The molecule has 3 aromatic heterocycles. The van der Waals surface area contributed by atoms with Gasteiger partial charge in [0, 0.05) is 42.9 Å². The number of amides is 1. The molecule has 0 aliphatic heterocycles. The fourth-order valence-corrected chi connectivity index (χ4v) is 5.69. The van der Waals surface area contributed by atoms with E-state index in [1.165, 1.54) is 54.3 Å². The van der Waals surface area contributed by atoms with Crippen LogP contribution in [0, 0.1) is 18.6 Å². The number of nitrogens with zero attached hydrogens (tertiary/aromatic N) is 4. The lowest BCUT2D eigenvalue weighted by Gasteiger charge is -2.20. The third kappa shape index (κ3) is 5.77. The van der Waals surface area contributed by atoms with E-state index in [2.05, 4.69) is 15.3 Å². The molecule has 0 bridgehead atoms. The normalized spacial score (nSPS) is 11.8. The number of aryl methyl sites for hydroxylation is 1. The van der Waals surface area contributed by atoms with Crippen molar-refractivity contribution in [3.63, 3.8) is 0 Å². The molecule has 3 aromatic carbocycles. The molecular weight excluding hydrogens is 616 g/mol. The van der Waals surface area contributed by atoms with E-state index in [1.807, 2.05) is 0 Å². The highest BCUT2D eigenvalue weighted by Crippen LogP contribution is 2.41. The Kier molecular flexibility index (Phi) is 8.81. The van der Waals surface area contributed by atoms with Gasteiger partial charge >= 0.3 is 0 Å². The highest BCUT2D eigenvalue weighted by atomic mass is 32.2. The van der Waals surface area contributed by atoms with Gasteiger partial charge in [0.2, 0.25) is 0 Å². The van der Waals surface area contributed by atoms with Crippen molar-refractivity contribution in [3.8, 4) is 22.5 Å². The lowest BCUT2D eigenvalue weighted by molar-refractivity contribution is 0.0964. The molecule has 1 atom stereocenters. The maximum absolute atomic E-state index is 13.8. The molecule has 6 rings (SSSR count). The van der Waals surface area contributed by atoms with E-state index in [4.69, 9.17) is 4.42 Å².